The zero-order valence-electron chi connectivity index (χ0n) is 22.4. The smallest absolute Gasteiger partial charge is 0.304 e. The predicted octanol–water partition coefficient (Wildman–Crippen LogP) is 2.83. The average molecular weight is 557 g/mol. The van der Waals surface area contributed by atoms with Crippen LogP contribution in [0.4, 0.5) is 10.1 Å². The Morgan fingerprint density at radius 1 is 0.949 bits per heavy atom. The maximum atomic E-state index is 14.0. The zero-order valence-corrected chi connectivity index (χ0v) is 23.2. The quantitative estimate of drug-likeness (QED) is 0.370. The summed E-state index contributed by atoms with van der Waals surface area (Å²) in [7, 11) is 1.54. The van der Waals surface area contributed by atoms with Crippen molar-refractivity contribution in [2.24, 2.45) is 0 Å². The Morgan fingerprint density at radius 2 is 1.59 bits per heavy atom. The van der Waals surface area contributed by atoms with E-state index in [-0.39, 0.29) is 18.7 Å². The summed E-state index contributed by atoms with van der Waals surface area (Å²) in [4.78, 5) is 28.5. The maximum absolute atomic E-state index is 14.0. The Morgan fingerprint density at radius 3 is 2.18 bits per heavy atom. The van der Waals surface area contributed by atoms with Crippen molar-refractivity contribution < 1.29 is 27.1 Å². The van der Waals surface area contributed by atoms with Gasteiger partial charge < -0.3 is 15.0 Å². The number of halogens is 1. The second-order valence-electron chi connectivity index (χ2n) is 8.97. The monoisotopic (exact) mass is 556 g/mol. The van der Waals surface area contributed by atoms with Gasteiger partial charge in [-0.2, -0.15) is 12.7 Å². The fourth-order valence-corrected chi connectivity index (χ4v) is 5.07. The number of carbonyl (C=O) groups excluding carboxylic acids is 2. The number of nitrogens with one attached hydrogen (secondary N) is 1. The molecule has 208 valence electrons. The summed E-state index contributed by atoms with van der Waals surface area (Å²) in [6.45, 7) is -0.599. The van der Waals surface area contributed by atoms with Gasteiger partial charge in [0.05, 0.1) is 12.8 Å². The first-order valence-electron chi connectivity index (χ1n) is 12.2. The van der Waals surface area contributed by atoms with Crippen LogP contribution in [0, 0.1) is 5.82 Å². The third kappa shape index (κ3) is 7.55. The number of rotatable bonds is 12. The minimum atomic E-state index is -4.15. The van der Waals surface area contributed by atoms with Crippen molar-refractivity contribution in [3.8, 4) is 5.75 Å². The van der Waals surface area contributed by atoms with Crippen LogP contribution in [0.2, 0.25) is 0 Å². The summed E-state index contributed by atoms with van der Waals surface area (Å²) in [6.07, 6.45) is 0.202. The zero-order chi connectivity index (χ0) is 28.6. The van der Waals surface area contributed by atoms with E-state index < -0.39 is 40.4 Å². The van der Waals surface area contributed by atoms with E-state index in [1.165, 1.54) is 45.3 Å². The summed E-state index contributed by atoms with van der Waals surface area (Å²) in [5.41, 5.74) is 1.62. The molecular weight excluding hydrogens is 523 g/mol. The Balaban J connectivity index is 2.07. The van der Waals surface area contributed by atoms with Crippen LogP contribution in [0.25, 0.3) is 0 Å². The third-order valence-corrected chi connectivity index (χ3v) is 7.96. The van der Waals surface area contributed by atoms with Gasteiger partial charge in [-0.3, -0.25) is 9.59 Å². The molecule has 0 saturated heterocycles. The molecule has 0 bridgehead atoms. The SMILES string of the molecule is CNC(=O)[C@H](Cc1ccccc1)N(Cc1cccc(OC)c1)C(=O)CN(c1ccc(F)cc1)S(=O)(=O)N(C)C. The van der Waals surface area contributed by atoms with Crippen molar-refractivity contribution in [1.29, 1.82) is 0 Å². The molecule has 3 aromatic carbocycles. The molecule has 0 aliphatic rings. The van der Waals surface area contributed by atoms with Crippen LogP contribution in [-0.2, 0) is 32.8 Å². The number of anilines is 1. The first kappa shape index (κ1) is 29.6. The lowest BCUT2D eigenvalue weighted by molar-refractivity contribution is -0.139. The lowest BCUT2D eigenvalue weighted by Gasteiger charge is -2.34. The molecule has 0 heterocycles. The summed E-state index contributed by atoms with van der Waals surface area (Å²) >= 11 is 0. The van der Waals surface area contributed by atoms with E-state index in [2.05, 4.69) is 5.32 Å². The maximum Gasteiger partial charge on any atom is 0.304 e. The highest BCUT2D eigenvalue weighted by Crippen LogP contribution is 2.23. The molecule has 0 fully saturated rings. The Bertz CT molecular complexity index is 1370. The molecule has 3 rings (SSSR count). The van der Waals surface area contributed by atoms with Gasteiger partial charge in [-0.1, -0.05) is 42.5 Å². The van der Waals surface area contributed by atoms with Gasteiger partial charge in [0.25, 0.3) is 0 Å². The van der Waals surface area contributed by atoms with Gasteiger partial charge in [-0.15, -0.1) is 0 Å². The van der Waals surface area contributed by atoms with Crippen LogP contribution in [-0.4, -0.2) is 70.3 Å². The highest BCUT2D eigenvalue weighted by molar-refractivity contribution is 7.90. The van der Waals surface area contributed by atoms with E-state index in [0.29, 0.717) is 11.3 Å². The van der Waals surface area contributed by atoms with Crippen molar-refractivity contribution in [1.82, 2.24) is 14.5 Å². The van der Waals surface area contributed by atoms with Crippen molar-refractivity contribution in [2.45, 2.75) is 19.0 Å². The predicted molar refractivity (Wildman–Crippen MR) is 148 cm³/mol. The minimum absolute atomic E-state index is 0.0141. The number of nitrogens with zero attached hydrogens (tertiary/aromatic N) is 3. The van der Waals surface area contributed by atoms with E-state index in [4.69, 9.17) is 4.74 Å². The van der Waals surface area contributed by atoms with Crippen LogP contribution in [0.1, 0.15) is 11.1 Å². The van der Waals surface area contributed by atoms with Gasteiger partial charge in [0.1, 0.15) is 24.2 Å². The third-order valence-electron chi connectivity index (χ3n) is 6.14. The van der Waals surface area contributed by atoms with Crippen molar-refractivity contribution in [3.05, 3.63) is 95.8 Å². The molecule has 0 saturated carbocycles. The largest absolute Gasteiger partial charge is 0.497 e. The van der Waals surface area contributed by atoms with Gasteiger partial charge in [0.2, 0.25) is 11.8 Å². The second kappa shape index (κ2) is 13.2. The van der Waals surface area contributed by atoms with Gasteiger partial charge in [0, 0.05) is 34.1 Å². The number of likely N-dealkylation sites (N-methyl/N-ethyl adjacent to an activating group) is 1. The number of amides is 2. The molecule has 0 aliphatic heterocycles. The molecule has 0 aliphatic carbocycles. The van der Waals surface area contributed by atoms with E-state index in [1.807, 2.05) is 30.3 Å². The van der Waals surface area contributed by atoms with Gasteiger partial charge in [-0.25, -0.2) is 8.70 Å². The molecule has 1 N–H and O–H groups in total. The van der Waals surface area contributed by atoms with Gasteiger partial charge in [0.15, 0.2) is 0 Å². The normalized spacial score (nSPS) is 12.1. The number of benzene rings is 3. The molecule has 3 aromatic rings. The fraction of sp³-hybridized carbons (Fsp3) is 0.286. The molecule has 11 heteroatoms. The van der Waals surface area contributed by atoms with Crippen LogP contribution in [0.3, 0.4) is 0 Å². The summed E-state index contributed by atoms with van der Waals surface area (Å²) in [5, 5.41) is 2.63. The molecule has 0 radical (unpaired) electrons. The second-order valence-corrected chi connectivity index (χ2v) is 11.0. The molecule has 0 aromatic heterocycles. The van der Waals surface area contributed by atoms with E-state index in [9.17, 15) is 22.4 Å². The number of hydrogen-bond donors (Lipinski definition) is 1. The number of ether oxygens (including phenoxy) is 1. The average Bonchev–Trinajstić information content (AvgIpc) is 2.94. The lowest BCUT2D eigenvalue weighted by atomic mass is 10.0. The molecule has 0 unspecified atom stereocenters. The highest BCUT2D eigenvalue weighted by atomic mass is 32.2. The van der Waals surface area contributed by atoms with E-state index in [1.54, 1.807) is 24.3 Å². The summed E-state index contributed by atoms with van der Waals surface area (Å²) in [5.74, 6) is -0.993. The topological polar surface area (TPSA) is 99.3 Å². The van der Waals surface area contributed by atoms with Crippen molar-refractivity contribution in [3.63, 3.8) is 0 Å². The first-order valence-corrected chi connectivity index (χ1v) is 13.6. The van der Waals surface area contributed by atoms with Gasteiger partial charge in [-0.05, 0) is 47.5 Å². The van der Waals surface area contributed by atoms with E-state index in [0.717, 1.165) is 26.3 Å². The van der Waals surface area contributed by atoms with Crippen LogP contribution < -0.4 is 14.4 Å². The van der Waals surface area contributed by atoms with Crippen LogP contribution in [0.5, 0.6) is 5.75 Å². The molecule has 9 nitrogen and oxygen atoms in total. The van der Waals surface area contributed by atoms with Crippen molar-refractivity contribution >= 4 is 27.7 Å². The standard InChI is InChI=1S/C28H33FN4O5S/c1-30-28(35)26(18-21-9-6-5-7-10-21)32(19-22-11-8-12-25(17-22)38-4)27(34)20-33(39(36,37)31(2)3)24-15-13-23(29)14-16-24/h5-17,26H,18-20H2,1-4H3,(H,30,35)/t26-/m0/s1. The molecule has 1 atom stereocenters. The van der Waals surface area contributed by atoms with Crippen LogP contribution in [0.15, 0.2) is 78.9 Å². The molecule has 0 spiro atoms. The molecule has 39 heavy (non-hydrogen) atoms. The number of carbonyl (C=O) groups is 2. The Hall–Kier alpha value is -3.96. The lowest BCUT2D eigenvalue weighted by Crippen LogP contribution is -2.53. The first-order chi connectivity index (χ1) is 18.6. The van der Waals surface area contributed by atoms with Gasteiger partial charge >= 0.3 is 10.2 Å². The number of hydrogen-bond acceptors (Lipinski definition) is 5. The minimum Gasteiger partial charge on any atom is -0.497 e. The summed E-state index contributed by atoms with van der Waals surface area (Å²) < 4.78 is 47.3. The Kier molecular flexibility index (Phi) is 10.0. The molecule has 2 amide bonds. The van der Waals surface area contributed by atoms with E-state index >= 15 is 0 Å². The summed E-state index contributed by atoms with van der Waals surface area (Å²) in [6, 6.07) is 20.2. The van der Waals surface area contributed by atoms with Crippen LogP contribution >= 0.6 is 0 Å². The van der Waals surface area contributed by atoms with Crippen molar-refractivity contribution in [2.75, 3.05) is 39.1 Å². The number of methoxy groups -OCH3 is 1. The molecular formula is C28H33FN4O5S. The fourth-order valence-electron chi connectivity index (χ4n) is 4.01. The highest BCUT2D eigenvalue weighted by Gasteiger charge is 2.34. The Labute approximate surface area is 229 Å².